The molecule has 0 amide bonds. The highest BCUT2D eigenvalue weighted by Crippen LogP contribution is 2.15. The second-order valence-corrected chi connectivity index (χ2v) is 4.30. The standard InChI is InChI=1S/C15H17O2/c16-15(13-9-5-4-6-10-13)17-14-11-7-2-1-3-8-12-14/h5-7,9-11,14H,1-3,8,12H2/b11-7-. The first-order valence-corrected chi connectivity index (χ1v) is 6.20. The molecule has 0 bridgehead atoms. The van der Waals surface area contributed by atoms with Crippen LogP contribution in [0.4, 0.5) is 0 Å². The molecule has 1 aliphatic rings. The summed E-state index contributed by atoms with van der Waals surface area (Å²) in [5.41, 5.74) is 0.596. The average Bonchev–Trinajstić information content (AvgIpc) is 2.33. The van der Waals surface area contributed by atoms with Crippen LogP contribution in [0, 0.1) is 6.07 Å². The zero-order valence-electron chi connectivity index (χ0n) is 9.89. The van der Waals surface area contributed by atoms with Gasteiger partial charge in [0.25, 0.3) is 0 Å². The van der Waals surface area contributed by atoms with Crippen molar-refractivity contribution >= 4 is 5.97 Å². The first-order chi connectivity index (χ1) is 8.36. The van der Waals surface area contributed by atoms with Gasteiger partial charge >= 0.3 is 5.97 Å². The number of benzene rings is 1. The van der Waals surface area contributed by atoms with E-state index in [0.29, 0.717) is 5.56 Å². The molecule has 1 aromatic rings. The molecule has 0 saturated carbocycles. The second kappa shape index (κ2) is 6.24. The largest absolute Gasteiger partial charge is 0.455 e. The van der Waals surface area contributed by atoms with Crippen LogP contribution < -0.4 is 0 Å². The first-order valence-electron chi connectivity index (χ1n) is 6.20. The van der Waals surface area contributed by atoms with Crippen LogP contribution in [0.5, 0.6) is 0 Å². The van der Waals surface area contributed by atoms with Gasteiger partial charge in [-0.1, -0.05) is 24.6 Å². The minimum absolute atomic E-state index is 0.0630. The molecule has 0 heterocycles. The van der Waals surface area contributed by atoms with Crippen molar-refractivity contribution in [3.8, 4) is 0 Å². The lowest BCUT2D eigenvalue weighted by atomic mass is 10.0. The molecule has 0 saturated heterocycles. The van der Waals surface area contributed by atoms with Gasteiger partial charge in [0.2, 0.25) is 0 Å². The fraction of sp³-hybridized carbons (Fsp3) is 0.400. The van der Waals surface area contributed by atoms with Gasteiger partial charge in [0.05, 0.1) is 5.56 Å². The van der Waals surface area contributed by atoms with Gasteiger partial charge in [0.1, 0.15) is 6.10 Å². The Balaban J connectivity index is 1.95. The molecular weight excluding hydrogens is 212 g/mol. The molecule has 1 atom stereocenters. The summed E-state index contributed by atoms with van der Waals surface area (Å²) in [6.07, 6.45) is 9.69. The highest BCUT2D eigenvalue weighted by Gasteiger charge is 2.13. The van der Waals surface area contributed by atoms with Crippen LogP contribution in [0.25, 0.3) is 0 Å². The summed E-state index contributed by atoms with van der Waals surface area (Å²) < 4.78 is 5.47. The fourth-order valence-electron chi connectivity index (χ4n) is 1.96. The van der Waals surface area contributed by atoms with Crippen molar-refractivity contribution in [2.45, 2.75) is 38.2 Å². The molecule has 1 radical (unpaired) electrons. The SMILES string of the molecule is O=C(OC1/C=C\CCCCC1)c1cc[c]cc1. The summed E-state index contributed by atoms with van der Waals surface area (Å²) in [6, 6.07) is 9.80. The second-order valence-electron chi connectivity index (χ2n) is 4.30. The molecule has 2 nitrogen and oxygen atoms in total. The molecule has 2 heteroatoms. The normalized spacial score (nSPS) is 22.2. The third-order valence-electron chi connectivity index (χ3n) is 2.92. The van der Waals surface area contributed by atoms with Gasteiger partial charge in [-0.3, -0.25) is 0 Å². The summed E-state index contributed by atoms with van der Waals surface area (Å²) in [7, 11) is 0. The molecule has 1 unspecified atom stereocenters. The Hall–Kier alpha value is -1.57. The van der Waals surface area contributed by atoms with E-state index in [0.717, 1.165) is 19.3 Å². The van der Waals surface area contributed by atoms with Gasteiger partial charge in [-0.2, -0.15) is 0 Å². The molecular formula is C15H17O2. The Labute approximate surface area is 102 Å². The molecule has 0 N–H and O–H groups in total. The van der Waals surface area contributed by atoms with Crippen molar-refractivity contribution in [3.05, 3.63) is 48.0 Å². The number of carbonyl (C=O) groups excluding carboxylic acids is 1. The third kappa shape index (κ3) is 3.74. The number of carbonyl (C=O) groups is 1. The van der Waals surface area contributed by atoms with Crippen LogP contribution >= 0.6 is 0 Å². The fourth-order valence-corrected chi connectivity index (χ4v) is 1.96. The maximum atomic E-state index is 11.8. The molecule has 0 spiro atoms. The predicted molar refractivity (Wildman–Crippen MR) is 66.7 cm³/mol. The van der Waals surface area contributed by atoms with E-state index in [1.165, 1.54) is 12.8 Å². The maximum Gasteiger partial charge on any atom is 0.338 e. The summed E-state index contributed by atoms with van der Waals surface area (Å²) in [5, 5.41) is 0. The highest BCUT2D eigenvalue weighted by molar-refractivity contribution is 5.89. The Morgan fingerprint density at radius 3 is 2.88 bits per heavy atom. The van der Waals surface area contributed by atoms with Crippen molar-refractivity contribution in [1.82, 2.24) is 0 Å². The van der Waals surface area contributed by atoms with Gasteiger partial charge in [-0.05, 0) is 50.0 Å². The average molecular weight is 229 g/mol. The van der Waals surface area contributed by atoms with E-state index in [1.54, 1.807) is 24.3 Å². The van der Waals surface area contributed by atoms with Crippen molar-refractivity contribution in [2.24, 2.45) is 0 Å². The lowest BCUT2D eigenvalue weighted by Crippen LogP contribution is -2.16. The summed E-state index contributed by atoms with van der Waals surface area (Å²) in [6.45, 7) is 0. The predicted octanol–water partition coefficient (Wildman–Crippen LogP) is 3.53. The summed E-state index contributed by atoms with van der Waals surface area (Å²) in [5.74, 6) is -0.241. The van der Waals surface area contributed by atoms with Gasteiger partial charge in [-0.15, -0.1) is 0 Å². The lowest BCUT2D eigenvalue weighted by Gasteiger charge is -2.16. The number of rotatable bonds is 2. The lowest BCUT2D eigenvalue weighted by molar-refractivity contribution is 0.0374. The zero-order chi connectivity index (χ0) is 11.9. The van der Waals surface area contributed by atoms with Crippen LogP contribution in [0.2, 0.25) is 0 Å². The number of ether oxygens (including phenoxy) is 1. The molecule has 0 fully saturated rings. The molecule has 2 rings (SSSR count). The highest BCUT2D eigenvalue weighted by atomic mass is 16.5. The molecule has 89 valence electrons. The van der Waals surface area contributed by atoms with Crippen molar-refractivity contribution < 1.29 is 9.53 Å². The van der Waals surface area contributed by atoms with E-state index in [1.807, 2.05) is 6.08 Å². The smallest absolute Gasteiger partial charge is 0.338 e. The zero-order valence-corrected chi connectivity index (χ0v) is 9.89. The third-order valence-corrected chi connectivity index (χ3v) is 2.92. The number of hydrogen-bond acceptors (Lipinski definition) is 2. The van der Waals surface area contributed by atoms with Crippen LogP contribution in [-0.2, 0) is 4.74 Å². The van der Waals surface area contributed by atoms with Gasteiger partial charge in [0.15, 0.2) is 0 Å². The van der Waals surface area contributed by atoms with Crippen LogP contribution in [0.1, 0.15) is 42.5 Å². The van der Waals surface area contributed by atoms with Crippen molar-refractivity contribution in [3.63, 3.8) is 0 Å². The van der Waals surface area contributed by atoms with Crippen LogP contribution in [-0.4, -0.2) is 12.1 Å². The summed E-state index contributed by atoms with van der Waals surface area (Å²) >= 11 is 0. The van der Waals surface area contributed by atoms with Crippen molar-refractivity contribution in [2.75, 3.05) is 0 Å². The molecule has 1 aromatic carbocycles. The van der Waals surface area contributed by atoms with E-state index >= 15 is 0 Å². The summed E-state index contributed by atoms with van der Waals surface area (Å²) in [4.78, 5) is 11.8. The Morgan fingerprint density at radius 1 is 1.24 bits per heavy atom. The van der Waals surface area contributed by atoms with E-state index in [-0.39, 0.29) is 12.1 Å². The maximum absolute atomic E-state index is 11.8. The quantitative estimate of drug-likeness (QED) is 0.573. The van der Waals surface area contributed by atoms with Gasteiger partial charge in [-0.25, -0.2) is 4.79 Å². The minimum Gasteiger partial charge on any atom is -0.455 e. The van der Waals surface area contributed by atoms with Gasteiger partial charge < -0.3 is 4.74 Å². The molecule has 0 aromatic heterocycles. The van der Waals surface area contributed by atoms with E-state index in [4.69, 9.17) is 4.74 Å². The topological polar surface area (TPSA) is 26.3 Å². The number of allylic oxidation sites excluding steroid dienone is 1. The van der Waals surface area contributed by atoms with Crippen molar-refractivity contribution in [1.29, 1.82) is 0 Å². The molecule has 1 aliphatic carbocycles. The van der Waals surface area contributed by atoms with E-state index in [2.05, 4.69) is 12.1 Å². The Bertz CT molecular complexity index is 381. The Morgan fingerprint density at radius 2 is 2.06 bits per heavy atom. The monoisotopic (exact) mass is 229 g/mol. The first kappa shape index (κ1) is 11.9. The number of esters is 1. The van der Waals surface area contributed by atoms with Gasteiger partial charge in [0, 0.05) is 0 Å². The van der Waals surface area contributed by atoms with Crippen LogP contribution in [0.3, 0.4) is 0 Å². The van der Waals surface area contributed by atoms with E-state index in [9.17, 15) is 4.79 Å². The Kier molecular flexibility index (Phi) is 4.37. The van der Waals surface area contributed by atoms with E-state index < -0.39 is 0 Å². The molecule has 17 heavy (non-hydrogen) atoms. The molecule has 0 aliphatic heterocycles. The van der Waals surface area contributed by atoms with Crippen LogP contribution in [0.15, 0.2) is 36.4 Å². The minimum atomic E-state index is -0.241. The number of hydrogen-bond donors (Lipinski definition) is 0.